The van der Waals surface area contributed by atoms with Crippen molar-refractivity contribution in [2.75, 3.05) is 0 Å². The van der Waals surface area contributed by atoms with Crippen LogP contribution in [0, 0.1) is 6.92 Å². The van der Waals surface area contributed by atoms with E-state index in [1.165, 1.54) is 6.08 Å². The van der Waals surface area contributed by atoms with Crippen molar-refractivity contribution in [3.8, 4) is 0 Å². The molecule has 0 fully saturated rings. The van der Waals surface area contributed by atoms with Gasteiger partial charge in [0.05, 0.1) is 5.41 Å². The van der Waals surface area contributed by atoms with Crippen LogP contribution < -0.4 is 4.72 Å². The summed E-state index contributed by atoms with van der Waals surface area (Å²) in [6.45, 7) is 3.70. The zero-order valence-corrected chi connectivity index (χ0v) is 18.7. The van der Waals surface area contributed by atoms with Crippen LogP contribution in [0.2, 0.25) is 10.0 Å². The smallest absolute Gasteiger partial charge is 0.265 e. The zero-order valence-electron chi connectivity index (χ0n) is 16.4. The first kappa shape index (κ1) is 22.2. The minimum Gasteiger partial charge on any atom is -0.358 e. The topological polar surface area (TPSA) is 79.0 Å². The minimum atomic E-state index is -3.89. The minimum absolute atomic E-state index is 0.243. The molecule has 3 rings (SSSR count). The van der Waals surface area contributed by atoms with Crippen molar-refractivity contribution >= 4 is 50.0 Å². The molecule has 0 bridgehead atoms. The second kappa shape index (κ2) is 9.08. The van der Waals surface area contributed by atoms with E-state index in [2.05, 4.69) is 9.71 Å². The van der Waals surface area contributed by atoms with Crippen LogP contribution in [0.5, 0.6) is 0 Å². The number of fused-ring (bicyclic) bond motifs is 1. The lowest BCUT2D eigenvalue weighted by Crippen LogP contribution is -2.28. The standard InChI is InChI=1S/C22H20Cl2N2O3S/c1-3-4-5-10-30(28,29)26-22(27)16-7-9-21-19(12-16)18(14(2)25-21)11-15-6-8-17(23)13-20(15)24/h3-10,12-13,25H,11H2,1-2H3,(H,26,27)/b4-3+,10-5+. The van der Waals surface area contributed by atoms with E-state index in [1.54, 1.807) is 49.4 Å². The molecule has 0 saturated heterocycles. The summed E-state index contributed by atoms with van der Waals surface area (Å²) in [5.74, 6) is -0.698. The average molecular weight is 463 g/mol. The lowest BCUT2D eigenvalue weighted by Gasteiger charge is -2.07. The van der Waals surface area contributed by atoms with Gasteiger partial charge in [-0.2, -0.15) is 0 Å². The number of amides is 1. The molecule has 2 N–H and O–H groups in total. The molecule has 30 heavy (non-hydrogen) atoms. The first-order valence-electron chi connectivity index (χ1n) is 9.12. The van der Waals surface area contributed by atoms with Crippen LogP contribution in [0.1, 0.15) is 34.1 Å². The number of allylic oxidation sites excluding steroid dienone is 3. The summed E-state index contributed by atoms with van der Waals surface area (Å²) in [7, 11) is -3.89. The Morgan fingerprint density at radius 2 is 1.90 bits per heavy atom. The molecule has 0 unspecified atom stereocenters. The number of rotatable bonds is 6. The third kappa shape index (κ3) is 5.14. The number of hydrogen-bond donors (Lipinski definition) is 2. The van der Waals surface area contributed by atoms with E-state index in [4.69, 9.17) is 23.2 Å². The number of H-pyrrole nitrogens is 1. The van der Waals surface area contributed by atoms with Gasteiger partial charge in [0, 0.05) is 38.6 Å². The Morgan fingerprint density at radius 3 is 2.60 bits per heavy atom. The Hall–Kier alpha value is -2.54. The molecule has 0 spiro atoms. The lowest BCUT2D eigenvalue weighted by molar-refractivity contribution is 0.0982. The second-order valence-electron chi connectivity index (χ2n) is 6.73. The highest BCUT2D eigenvalue weighted by Crippen LogP contribution is 2.29. The Kier molecular flexibility index (Phi) is 6.71. The van der Waals surface area contributed by atoms with Crippen molar-refractivity contribution in [3.63, 3.8) is 0 Å². The number of aromatic amines is 1. The van der Waals surface area contributed by atoms with E-state index in [0.717, 1.165) is 33.1 Å². The molecule has 0 atom stereocenters. The van der Waals surface area contributed by atoms with Crippen LogP contribution in [-0.4, -0.2) is 19.3 Å². The van der Waals surface area contributed by atoms with E-state index in [9.17, 15) is 13.2 Å². The van der Waals surface area contributed by atoms with Gasteiger partial charge in [-0.3, -0.25) is 4.79 Å². The van der Waals surface area contributed by atoms with E-state index in [1.807, 2.05) is 13.0 Å². The van der Waals surface area contributed by atoms with Crippen molar-refractivity contribution in [2.24, 2.45) is 0 Å². The third-order valence-electron chi connectivity index (χ3n) is 4.56. The van der Waals surface area contributed by atoms with Crippen molar-refractivity contribution in [2.45, 2.75) is 20.3 Å². The molecule has 2 aromatic carbocycles. The maximum absolute atomic E-state index is 12.5. The largest absolute Gasteiger partial charge is 0.358 e. The average Bonchev–Trinajstić information content (AvgIpc) is 2.98. The van der Waals surface area contributed by atoms with Crippen LogP contribution in [0.25, 0.3) is 10.9 Å². The monoisotopic (exact) mass is 462 g/mol. The molecule has 5 nitrogen and oxygen atoms in total. The number of carbonyl (C=O) groups is 1. The first-order chi connectivity index (χ1) is 14.2. The fourth-order valence-electron chi connectivity index (χ4n) is 3.09. The number of aromatic nitrogens is 1. The number of carbonyl (C=O) groups excluding carboxylic acids is 1. The van der Waals surface area contributed by atoms with Crippen LogP contribution >= 0.6 is 23.2 Å². The molecular formula is C22H20Cl2N2O3S. The van der Waals surface area contributed by atoms with Gasteiger partial charge in [-0.25, -0.2) is 13.1 Å². The van der Waals surface area contributed by atoms with Crippen LogP contribution in [-0.2, 0) is 16.4 Å². The molecule has 3 aromatic rings. The molecule has 8 heteroatoms. The van der Waals surface area contributed by atoms with Crippen molar-refractivity contribution in [1.29, 1.82) is 0 Å². The van der Waals surface area contributed by atoms with Crippen molar-refractivity contribution in [3.05, 3.63) is 92.5 Å². The molecular weight excluding hydrogens is 443 g/mol. The predicted octanol–water partition coefficient (Wildman–Crippen LogP) is 5.52. The number of aryl methyl sites for hydroxylation is 1. The fraction of sp³-hybridized carbons (Fsp3) is 0.136. The predicted molar refractivity (Wildman–Crippen MR) is 123 cm³/mol. The first-order valence-corrected chi connectivity index (χ1v) is 11.4. The fourth-order valence-corrected chi connectivity index (χ4v) is 4.31. The van der Waals surface area contributed by atoms with Gasteiger partial charge in [-0.15, -0.1) is 0 Å². The SMILES string of the molecule is C/C=C/C=C/S(=O)(=O)NC(=O)c1ccc2[nH]c(C)c(Cc3ccc(Cl)cc3Cl)c2c1. The number of nitrogens with one attached hydrogen (secondary N) is 2. The van der Waals surface area contributed by atoms with E-state index in [0.29, 0.717) is 16.5 Å². The summed E-state index contributed by atoms with van der Waals surface area (Å²) >= 11 is 12.3. The maximum Gasteiger partial charge on any atom is 0.265 e. The van der Waals surface area contributed by atoms with Gasteiger partial charge in [-0.1, -0.05) is 41.4 Å². The van der Waals surface area contributed by atoms with Crippen molar-refractivity contribution in [1.82, 2.24) is 9.71 Å². The van der Waals surface area contributed by atoms with E-state index in [-0.39, 0.29) is 5.56 Å². The second-order valence-corrected chi connectivity index (χ2v) is 9.14. The van der Waals surface area contributed by atoms with Gasteiger partial charge < -0.3 is 4.98 Å². The molecule has 1 heterocycles. The molecule has 1 amide bonds. The Morgan fingerprint density at radius 1 is 1.13 bits per heavy atom. The number of benzene rings is 2. The highest BCUT2D eigenvalue weighted by Gasteiger charge is 2.16. The van der Waals surface area contributed by atoms with E-state index < -0.39 is 15.9 Å². The number of halogens is 2. The van der Waals surface area contributed by atoms with Crippen LogP contribution in [0.4, 0.5) is 0 Å². The van der Waals surface area contributed by atoms with Gasteiger partial charge in [0.25, 0.3) is 15.9 Å². The molecule has 0 radical (unpaired) electrons. The summed E-state index contributed by atoms with van der Waals surface area (Å²) < 4.78 is 26.1. The molecule has 0 aliphatic carbocycles. The van der Waals surface area contributed by atoms with Gasteiger partial charge in [0.1, 0.15) is 0 Å². The highest BCUT2D eigenvalue weighted by molar-refractivity contribution is 7.92. The summed E-state index contributed by atoms with van der Waals surface area (Å²) in [4.78, 5) is 15.8. The summed E-state index contributed by atoms with van der Waals surface area (Å²) in [6, 6.07) is 10.3. The summed E-state index contributed by atoms with van der Waals surface area (Å²) in [5, 5.41) is 2.89. The van der Waals surface area contributed by atoms with Gasteiger partial charge in [-0.05, 0) is 61.4 Å². The quantitative estimate of drug-likeness (QED) is 0.473. The van der Waals surface area contributed by atoms with E-state index >= 15 is 0 Å². The normalized spacial score (nSPS) is 12.3. The molecule has 156 valence electrons. The molecule has 0 aliphatic rings. The van der Waals surface area contributed by atoms with Crippen LogP contribution in [0.15, 0.2) is 60.0 Å². The number of sulfonamides is 1. The zero-order chi connectivity index (χ0) is 21.9. The molecule has 1 aromatic heterocycles. The summed E-state index contributed by atoms with van der Waals surface area (Å²) in [6.07, 6.45) is 5.14. The lowest BCUT2D eigenvalue weighted by atomic mass is 10.0. The Labute approximate surface area is 185 Å². The molecule has 0 aliphatic heterocycles. The van der Waals surface area contributed by atoms with Gasteiger partial charge in [0.15, 0.2) is 0 Å². The maximum atomic E-state index is 12.5. The molecule has 0 saturated carbocycles. The summed E-state index contributed by atoms with van der Waals surface area (Å²) in [5.41, 5.74) is 3.90. The highest BCUT2D eigenvalue weighted by atomic mass is 35.5. The Bertz CT molecular complexity index is 1280. The van der Waals surface area contributed by atoms with Crippen molar-refractivity contribution < 1.29 is 13.2 Å². The van der Waals surface area contributed by atoms with Crippen LogP contribution in [0.3, 0.4) is 0 Å². The number of hydrogen-bond acceptors (Lipinski definition) is 3. The van der Waals surface area contributed by atoms with Gasteiger partial charge in [0.2, 0.25) is 0 Å². The van der Waals surface area contributed by atoms with Gasteiger partial charge >= 0.3 is 0 Å². The Balaban J connectivity index is 1.93. The third-order valence-corrected chi connectivity index (χ3v) is 6.13.